The molecule has 0 saturated heterocycles. The molecule has 0 spiro atoms. The number of rotatable bonds is 5. The summed E-state index contributed by atoms with van der Waals surface area (Å²) in [5.41, 5.74) is 13.1. The molecule has 4 heterocycles. The predicted molar refractivity (Wildman–Crippen MR) is 241 cm³/mol. The van der Waals surface area contributed by atoms with Crippen LogP contribution in [0.5, 0.6) is 0 Å². The van der Waals surface area contributed by atoms with Gasteiger partial charge in [-0.3, -0.25) is 0 Å². The largest absolute Gasteiger partial charge is 0.455 e. The Bertz CT molecular complexity index is 3310. The molecule has 2 aliphatic rings. The van der Waals surface area contributed by atoms with Crippen LogP contribution in [0.3, 0.4) is 0 Å². The highest BCUT2D eigenvalue weighted by Crippen LogP contribution is 2.50. The number of hydrogen-bond acceptors (Lipinski definition) is 6. The maximum atomic E-state index is 6.56. The van der Waals surface area contributed by atoms with Gasteiger partial charge in [-0.25, -0.2) is 9.98 Å². The highest BCUT2D eigenvalue weighted by molar-refractivity contribution is 7.26. The number of fused-ring (bicyclic) bond motifs is 10. The number of para-hydroxylation sites is 3. The molecule has 5 nitrogen and oxygen atoms in total. The third-order valence-corrected chi connectivity index (χ3v) is 12.8. The van der Waals surface area contributed by atoms with Gasteiger partial charge < -0.3 is 15.1 Å². The highest BCUT2D eigenvalue weighted by atomic mass is 32.1. The molecule has 274 valence electrons. The Kier molecular flexibility index (Phi) is 7.46. The molecule has 8 aromatic carbocycles. The predicted octanol–water partition coefficient (Wildman–Crippen LogP) is 13.3. The molecular weight excluding hydrogens is 729 g/mol. The van der Waals surface area contributed by atoms with E-state index in [1.165, 1.54) is 42.4 Å². The maximum Gasteiger partial charge on any atom is 0.160 e. The second-order valence-corrected chi connectivity index (χ2v) is 16.0. The Morgan fingerprint density at radius 3 is 2.12 bits per heavy atom. The van der Waals surface area contributed by atoms with Gasteiger partial charge in [-0.1, -0.05) is 146 Å². The zero-order valence-electron chi connectivity index (χ0n) is 31.2. The summed E-state index contributed by atoms with van der Waals surface area (Å²) in [6.07, 6.45) is -0.396. The SMILES string of the molecule is c1ccc(-c2cccc(C3N=C(c4cccc5c4sc4ccc6c(c45)-c4ccccc4NC6c4ccccc4)N=C(c4cccc5c4oc4ccccc45)N3)c2)cc1. The number of nitrogens with one attached hydrogen (secondary N) is 2. The Morgan fingerprint density at radius 1 is 0.534 bits per heavy atom. The average Bonchev–Trinajstić information content (AvgIpc) is 3.88. The Balaban J connectivity index is 1.07. The van der Waals surface area contributed by atoms with E-state index in [9.17, 15) is 0 Å². The van der Waals surface area contributed by atoms with E-state index in [1.807, 2.05) is 23.5 Å². The van der Waals surface area contributed by atoms with Gasteiger partial charge in [0.05, 0.1) is 11.6 Å². The summed E-state index contributed by atoms with van der Waals surface area (Å²) in [6, 6.07) is 64.4. The molecule has 2 aliphatic heterocycles. The molecule has 2 atom stereocenters. The fourth-order valence-corrected chi connectivity index (χ4v) is 10.1. The van der Waals surface area contributed by atoms with Gasteiger partial charge in [-0.2, -0.15) is 0 Å². The van der Waals surface area contributed by atoms with E-state index in [2.05, 4.69) is 180 Å². The number of anilines is 1. The molecule has 0 amide bonds. The molecule has 0 aliphatic carbocycles. The summed E-state index contributed by atoms with van der Waals surface area (Å²) in [7, 11) is 0. The fourth-order valence-electron chi connectivity index (χ4n) is 8.91. The Hall–Kier alpha value is -7.28. The highest BCUT2D eigenvalue weighted by Gasteiger charge is 2.30. The lowest BCUT2D eigenvalue weighted by Crippen LogP contribution is -2.33. The van der Waals surface area contributed by atoms with Crippen LogP contribution in [0.1, 0.15) is 40.0 Å². The standard InChI is InChI=1S/C52H34N4OS/c1-3-14-31(15-4-1)33-18-11-19-34(30-33)50-54-51(40-24-12-22-36-35-20-8-10-27-43(35)57-48(36)40)56-52(55-50)41-25-13-23-39-46-44(58-49(39)41)29-28-38-45(46)37-21-7-9-26-42(37)53-47(38)32-16-5-2-6-17-32/h1-30,47,50,53H,(H,54,55,56). The lowest BCUT2D eigenvalue weighted by atomic mass is 9.84. The van der Waals surface area contributed by atoms with Crippen molar-refractivity contribution in [3.8, 4) is 22.3 Å². The normalized spacial score (nSPS) is 16.1. The zero-order valence-corrected chi connectivity index (χ0v) is 32.0. The summed E-state index contributed by atoms with van der Waals surface area (Å²) in [6.45, 7) is 0. The minimum atomic E-state index is -0.396. The summed E-state index contributed by atoms with van der Waals surface area (Å²) in [5, 5.41) is 12.2. The van der Waals surface area contributed by atoms with Gasteiger partial charge >= 0.3 is 0 Å². The molecule has 2 aromatic heterocycles. The van der Waals surface area contributed by atoms with Crippen LogP contribution in [0.4, 0.5) is 5.69 Å². The number of thiophene rings is 1. The van der Waals surface area contributed by atoms with Gasteiger partial charge in [-0.15, -0.1) is 11.3 Å². The van der Waals surface area contributed by atoms with E-state index in [4.69, 9.17) is 14.4 Å². The molecule has 0 saturated carbocycles. The summed E-state index contributed by atoms with van der Waals surface area (Å²) < 4.78 is 8.97. The van der Waals surface area contributed by atoms with Crippen LogP contribution >= 0.6 is 11.3 Å². The van der Waals surface area contributed by atoms with Crippen molar-refractivity contribution in [3.05, 3.63) is 210 Å². The van der Waals surface area contributed by atoms with Gasteiger partial charge in [0.1, 0.15) is 23.2 Å². The number of benzene rings is 8. The molecule has 6 heteroatoms. The van der Waals surface area contributed by atoms with E-state index in [-0.39, 0.29) is 6.04 Å². The van der Waals surface area contributed by atoms with Crippen LogP contribution in [0.15, 0.2) is 196 Å². The van der Waals surface area contributed by atoms with Crippen LogP contribution < -0.4 is 10.6 Å². The van der Waals surface area contributed by atoms with Crippen molar-refractivity contribution >= 4 is 70.8 Å². The first-order valence-electron chi connectivity index (χ1n) is 19.6. The first-order valence-corrected chi connectivity index (χ1v) is 20.5. The molecule has 12 rings (SSSR count). The topological polar surface area (TPSA) is 61.9 Å². The van der Waals surface area contributed by atoms with Gasteiger partial charge in [0, 0.05) is 47.8 Å². The molecule has 2 unspecified atom stereocenters. The van der Waals surface area contributed by atoms with Crippen LogP contribution in [0, 0.1) is 0 Å². The first kappa shape index (κ1) is 32.9. The van der Waals surface area contributed by atoms with Crippen molar-refractivity contribution in [1.29, 1.82) is 0 Å². The second kappa shape index (κ2) is 13.2. The molecule has 10 aromatic rings. The summed E-state index contributed by atoms with van der Waals surface area (Å²) in [4.78, 5) is 10.8. The minimum absolute atomic E-state index is 0.0305. The molecule has 58 heavy (non-hydrogen) atoms. The van der Waals surface area contributed by atoms with Crippen LogP contribution in [-0.4, -0.2) is 11.7 Å². The van der Waals surface area contributed by atoms with Crippen molar-refractivity contribution in [2.24, 2.45) is 9.98 Å². The maximum absolute atomic E-state index is 6.56. The zero-order chi connectivity index (χ0) is 38.2. The monoisotopic (exact) mass is 762 g/mol. The van der Waals surface area contributed by atoms with E-state index in [1.54, 1.807) is 0 Å². The third kappa shape index (κ3) is 5.22. The number of amidine groups is 2. The van der Waals surface area contributed by atoms with E-state index in [0.29, 0.717) is 5.84 Å². The van der Waals surface area contributed by atoms with Gasteiger partial charge in [0.25, 0.3) is 0 Å². The van der Waals surface area contributed by atoms with Gasteiger partial charge in [-0.05, 0) is 69.8 Å². The molecule has 0 fully saturated rings. The minimum Gasteiger partial charge on any atom is -0.455 e. The first-order chi connectivity index (χ1) is 28.7. The number of aliphatic imine (C=N–C) groups is 2. The molecular formula is C52H34N4OS. The van der Waals surface area contributed by atoms with E-state index in [0.717, 1.165) is 61.3 Å². The Morgan fingerprint density at radius 2 is 1.22 bits per heavy atom. The number of hydrogen-bond donors (Lipinski definition) is 2. The number of furan rings is 1. The van der Waals surface area contributed by atoms with Crippen molar-refractivity contribution in [2.45, 2.75) is 12.2 Å². The molecule has 0 radical (unpaired) electrons. The van der Waals surface area contributed by atoms with Gasteiger partial charge in [0.15, 0.2) is 5.84 Å². The third-order valence-electron chi connectivity index (χ3n) is 11.6. The lowest BCUT2D eigenvalue weighted by Gasteiger charge is -2.31. The van der Waals surface area contributed by atoms with Gasteiger partial charge in [0.2, 0.25) is 0 Å². The van der Waals surface area contributed by atoms with E-state index >= 15 is 0 Å². The average molecular weight is 763 g/mol. The molecule has 0 bridgehead atoms. The smallest absolute Gasteiger partial charge is 0.160 e. The second-order valence-electron chi connectivity index (χ2n) is 15.0. The van der Waals surface area contributed by atoms with Crippen molar-refractivity contribution < 1.29 is 4.42 Å². The van der Waals surface area contributed by atoms with Crippen LogP contribution in [0.2, 0.25) is 0 Å². The van der Waals surface area contributed by atoms with Crippen molar-refractivity contribution in [1.82, 2.24) is 5.32 Å². The number of nitrogens with zero attached hydrogens (tertiary/aromatic N) is 2. The summed E-state index contributed by atoms with van der Waals surface area (Å²) in [5.74, 6) is 1.41. The molecule has 2 N–H and O–H groups in total. The van der Waals surface area contributed by atoms with Crippen molar-refractivity contribution in [3.63, 3.8) is 0 Å². The lowest BCUT2D eigenvalue weighted by molar-refractivity contribution is 0.660. The Labute approximate surface area is 338 Å². The van der Waals surface area contributed by atoms with Crippen LogP contribution in [0.25, 0.3) is 64.4 Å². The van der Waals surface area contributed by atoms with E-state index < -0.39 is 6.17 Å². The van der Waals surface area contributed by atoms with Crippen LogP contribution in [-0.2, 0) is 0 Å². The fraction of sp³-hybridized carbons (Fsp3) is 0.0385. The quantitative estimate of drug-likeness (QED) is 0.184. The summed E-state index contributed by atoms with van der Waals surface area (Å²) >= 11 is 1.82. The van der Waals surface area contributed by atoms with Crippen molar-refractivity contribution in [2.75, 3.05) is 5.32 Å².